The standard InChI is InChI=1S/C8H17N3/c1-6(2)9-7(3)5-8(4)10-11-8/h6-7,9H,5H2,1-4H3. The zero-order chi connectivity index (χ0) is 8.48. The van der Waals surface area contributed by atoms with Crippen LogP contribution in [-0.2, 0) is 0 Å². The normalized spacial score (nSPS) is 22.3. The van der Waals surface area contributed by atoms with Crippen LogP contribution in [0.4, 0.5) is 0 Å². The summed E-state index contributed by atoms with van der Waals surface area (Å²) < 4.78 is 0. The summed E-state index contributed by atoms with van der Waals surface area (Å²) >= 11 is 0. The number of nitrogens with one attached hydrogen (secondary N) is 1. The van der Waals surface area contributed by atoms with Gasteiger partial charge in [0.1, 0.15) is 0 Å². The molecule has 0 bridgehead atoms. The van der Waals surface area contributed by atoms with Gasteiger partial charge in [-0.3, -0.25) is 0 Å². The lowest BCUT2D eigenvalue weighted by Gasteiger charge is -2.17. The van der Waals surface area contributed by atoms with E-state index in [4.69, 9.17) is 0 Å². The fourth-order valence-corrected chi connectivity index (χ4v) is 1.38. The van der Waals surface area contributed by atoms with Gasteiger partial charge in [-0.1, -0.05) is 13.8 Å². The van der Waals surface area contributed by atoms with E-state index < -0.39 is 0 Å². The maximum atomic E-state index is 3.97. The molecule has 0 fully saturated rings. The van der Waals surface area contributed by atoms with Crippen LogP contribution in [-0.4, -0.2) is 17.7 Å². The van der Waals surface area contributed by atoms with Gasteiger partial charge in [-0.05, 0) is 13.8 Å². The van der Waals surface area contributed by atoms with Crippen LogP contribution in [0.1, 0.15) is 34.1 Å². The van der Waals surface area contributed by atoms with E-state index in [-0.39, 0.29) is 5.66 Å². The third kappa shape index (κ3) is 2.97. The maximum Gasteiger partial charge on any atom is 0.189 e. The Kier molecular flexibility index (Phi) is 2.28. The first-order valence-electron chi connectivity index (χ1n) is 4.22. The molecular formula is C8H17N3. The van der Waals surface area contributed by atoms with E-state index in [1.807, 2.05) is 0 Å². The third-order valence-electron chi connectivity index (χ3n) is 1.75. The highest BCUT2D eigenvalue weighted by Crippen LogP contribution is 2.31. The fraction of sp³-hybridized carbons (Fsp3) is 1.00. The van der Waals surface area contributed by atoms with Crippen molar-refractivity contribution in [3.63, 3.8) is 0 Å². The van der Waals surface area contributed by atoms with Gasteiger partial charge in [0.25, 0.3) is 0 Å². The van der Waals surface area contributed by atoms with E-state index in [9.17, 15) is 0 Å². The smallest absolute Gasteiger partial charge is 0.189 e. The van der Waals surface area contributed by atoms with Gasteiger partial charge in [-0.2, -0.15) is 10.2 Å². The molecule has 0 radical (unpaired) electrons. The molecule has 0 aromatic rings. The maximum absolute atomic E-state index is 3.97. The summed E-state index contributed by atoms with van der Waals surface area (Å²) in [5.74, 6) is 0. The second-order valence-corrected chi connectivity index (χ2v) is 3.84. The Labute approximate surface area is 68.3 Å². The van der Waals surface area contributed by atoms with Gasteiger partial charge in [0.15, 0.2) is 5.66 Å². The van der Waals surface area contributed by atoms with Crippen LogP contribution < -0.4 is 5.32 Å². The minimum Gasteiger partial charge on any atom is -0.312 e. The monoisotopic (exact) mass is 155 g/mol. The van der Waals surface area contributed by atoms with Gasteiger partial charge >= 0.3 is 0 Å². The van der Waals surface area contributed by atoms with E-state index in [1.54, 1.807) is 0 Å². The second kappa shape index (κ2) is 2.89. The van der Waals surface area contributed by atoms with Crippen LogP contribution in [0.3, 0.4) is 0 Å². The van der Waals surface area contributed by atoms with Gasteiger partial charge in [-0.15, -0.1) is 0 Å². The Hall–Kier alpha value is -0.440. The molecule has 11 heavy (non-hydrogen) atoms. The van der Waals surface area contributed by atoms with Crippen LogP contribution >= 0.6 is 0 Å². The SMILES string of the molecule is CC(C)NC(C)CC1(C)N=N1. The van der Waals surface area contributed by atoms with Crippen molar-refractivity contribution >= 4 is 0 Å². The van der Waals surface area contributed by atoms with Crippen LogP contribution in [0.5, 0.6) is 0 Å². The summed E-state index contributed by atoms with van der Waals surface area (Å²) in [6, 6.07) is 1.06. The molecule has 1 aliphatic rings. The van der Waals surface area contributed by atoms with Crippen molar-refractivity contribution < 1.29 is 0 Å². The summed E-state index contributed by atoms with van der Waals surface area (Å²) in [7, 11) is 0. The van der Waals surface area contributed by atoms with E-state index in [2.05, 4.69) is 43.2 Å². The lowest BCUT2D eigenvalue weighted by molar-refractivity contribution is 0.419. The Balaban J connectivity index is 2.16. The molecule has 1 rings (SSSR count). The first-order chi connectivity index (χ1) is 5.02. The summed E-state index contributed by atoms with van der Waals surface area (Å²) in [5, 5.41) is 11.4. The zero-order valence-corrected chi connectivity index (χ0v) is 7.76. The highest BCUT2D eigenvalue weighted by atomic mass is 15.4. The molecule has 3 heteroatoms. The summed E-state index contributed by atoms with van der Waals surface area (Å²) in [5.41, 5.74) is -0.0543. The third-order valence-corrected chi connectivity index (χ3v) is 1.75. The molecule has 0 amide bonds. The Morgan fingerprint density at radius 2 is 1.82 bits per heavy atom. The van der Waals surface area contributed by atoms with Crippen molar-refractivity contribution in [2.75, 3.05) is 0 Å². The summed E-state index contributed by atoms with van der Waals surface area (Å²) in [6.45, 7) is 8.54. The summed E-state index contributed by atoms with van der Waals surface area (Å²) in [4.78, 5) is 0. The first kappa shape index (κ1) is 8.65. The van der Waals surface area contributed by atoms with E-state index >= 15 is 0 Å². The van der Waals surface area contributed by atoms with Crippen molar-refractivity contribution in [2.24, 2.45) is 10.2 Å². The number of hydrogen-bond acceptors (Lipinski definition) is 3. The molecule has 0 aromatic carbocycles. The molecule has 1 N–H and O–H groups in total. The lowest BCUT2D eigenvalue weighted by Crippen LogP contribution is -2.35. The van der Waals surface area contributed by atoms with E-state index in [0.29, 0.717) is 12.1 Å². The zero-order valence-electron chi connectivity index (χ0n) is 7.76. The van der Waals surface area contributed by atoms with Crippen molar-refractivity contribution in [3.8, 4) is 0 Å². The average molecular weight is 155 g/mol. The Morgan fingerprint density at radius 1 is 1.27 bits per heavy atom. The molecule has 0 aliphatic carbocycles. The van der Waals surface area contributed by atoms with Crippen LogP contribution in [0.15, 0.2) is 10.2 Å². The fourth-order valence-electron chi connectivity index (χ4n) is 1.38. The molecule has 1 unspecified atom stereocenters. The Bertz CT molecular complexity index is 157. The van der Waals surface area contributed by atoms with E-state index in [1.165, 1.54) is 0 Å². The van der Waals surface area contributed by atoms with Crippen LogP contribution in [0.25, 0.3) is 0 Å². The predicted molar refractivity (Wildman–Crippen MR) is 45.6 cm³/mol. The summed E-state index contributed by atoms with van der Waals surface area (Å²) in [6.07, 6.45) is 1.02. The molecule has 0 saturated heterocycles. The molecular weight excluding hydrogens is 138 g/mol. The number of rotatable bonds is 4. The minimum absolute atomic E-state index is 0.0543. The molecule has 3 nitrogen and oxygen atoms in total. The predicted octanol–water partition coefficient (Wildman–Crippen LogP) is 1.94. The first-order valence-corrected chi connectivity index (χ1v) is 4.22. The lowest BCUT2D eigenvalue weighted by atomic mass is 10.1. The van der Waals surface area contributed by atoms with Crippen LogP contribution in [0.2, 0.25) is 0 Å². The highest BCUT2D eigenvalue weighted by Gasteiger charge is 2.35. The Morgan fingerprint density at radius 3 is 2.18 bits per heavy atom. The van der Waals surface area contributed by atoms with Crippen molar-refractivity contribution in [1.29, 1.82) is 0 Å². The van der Waals surface area contributed by atoms with Gasteiger partial charge in [0.2, 0.25) is 0 Å². The van der Waals surface area contributed by atoms with Gasteiger partial charge in [0.05, 0.1) is 0 Å². The molecule has 1 heterocycles. The van der Waals surface area contributed by atoms with Crippen molar-refractivity contribution in [3.05, 3.63) is 0 Å². The quantitative estimate of drug-likeness (QED) is 0.661. The molecule has 64 valence electrons. The van der Waals surface area contributed by atoms with Gasteiger partial charge in [-0.25, -0.2) is 0 Å². The van der Waals surface area contributed by atoms with Crippen LogP contribution in [0, 0.1) is 0 Å². The second-order valence-electron chi connectivity index (χ2n) is 3.84. The number of nitrogens with zero attached hydrogens (tertiary/aromatic N) is 2. The topological polar surface area (TPSA) is 36.8 Å². The average Bonchev–Trinajstić information content (AvgIpc) is 2.44. The largest absolute Gasteiger partial charge is 0.312 e. The number of hydrogen-bond donors (Lipinski definition) is 1. The van der Waals surface area contributed by atoms with E-state index in [0.717, 1.165) is 6.42 Å². The van der Waals surface area contributed by atoms with Gasteiger partial charge < -0.3 is 5.32 Å². The van der Waals surface area contributed by atoms with Crippen molar-refractivity contribution in [1.82, 2.24) is 5.32 Å². The van der Waals surface area contributed by atoms with Crippen molar-refractivity contribution in [2.45, 2.75) is 51.9 Å². The molecule has 0 saturated carbocycles. The molecule has 0 aromatic heterocycles. The molecule has 1 atom stereocenters. The van der Waals surface area contributed by atoms with Gasteiger partial charge in [0, 0.05) is 18.5 Å². The minimum atomic E-state index is -0.0543. The molecule has 1 aliphatic heterocycles. The highest BCUT2D eigenvalue weighted by molar-refractivity contribution is 4.91. The molecule has 0 spiro atoms.